The standard InChI is InChI=1S/C19H30N2O2/c1-15(2)11-12-23-18-10-6-9-17(13-18)21-19(22)14-20-16-7-4-3-5-8-16/h6,9-10,13,15-16,20H,3-5,7-8,11-12,14H2,1-2H3,(H,21,22). The van der Waals surface area contributed by atoms with E-state index >= 15 is 0 Å². The molecule has 0 spiro atoms. The van der Waals surface area contributed by atoms with E-state index in [4.69, 9.17) is 4.74 Å². The number of carbonyl (C=O) groups is 1. The second kappa shape index (κ2) is 9.56. The normalized spacial score (nSPS) is 15.6. The number of rotatable bonds is 8. The van der Waals surface area contributed by atoms with Crippen LogP contribution in [0.4, 0.5) is 5.69 Å². The van der Waals surface area contributed by atoms with E-state index in [0.29, 0.717) is 25.1 Å². The van der Waals surface area contributed by atoms with Crippen LogP contribution >= 0.6 is 0 Å². The van der Waals surface area contributed by atoms with Gasteiger partial charge < -0.3 is 15.4 Å². The molecule has 4 nitrogen and oxygen atoms in total. The maximum absolute atomic E-state index is 12.1. The summed E-state index contributed by atoms with van der Waals surface area (Å²) in [6.07, 6.45) is 7.28. The SMILES string of the molecule is CC(C)CCOc1cccc(NC(=O)CNC2CCCCC2)c1. The lowest BCUT2D eigenvalue weighted by molar-refractivity contribution is -0.115. The topological polar surface area (TPSA) is 50.4 Å². The van der Waals surface area contributed by atoms with Crippen molar-refractivity contribution in [3.63, 3.8) is 0 Å². The van der Waals surface area contributed by atoms with Crippen LogP contribution in [0.5, 0.6) is 5.75 Å². The fourth-order valence-corrected chi connectivity index (χ4v) is 2.83. The molecular weight excluding hydrogens is 288 g/mol. The van der Waals surface area contributed by atoms with Gasteiger partial charge in [0.15, 0.2) is 0 Å². The van der Waals surface area contributed by atoms with Gasteiger partial charge in [0.1, 0.15) is 5.75 Å². The molecule has 0 aromatic heterocycles. The minimum Gasteiger partial charge on any atom is -0.494 e. The van der Waals surface area contributed by atoms with Gasteiger partial charge in [-0.2, -0.15) is 0 Å². The zero-order valence-corrected chi connectivity index (χ0v) is 14.4. The van der Waals surface area contributed by atoms with Crippen LogP contribution in [0, 0.1) is 5.92 Å². The molecule has 0 atom stereocenters. The molecule has 1 saturated carbocycles. The lowest BCUT2D eigenvalue weighted by atomic mass is 9.95. The van der Waals surface area contributed by atoms with E-state index in [-0.39, 0.29) is 5.91 Å². The molecule has 1 aromatic rings. The molecule has 1 fully saturated rings. The van der Waals surface area contributed by atoms with Crippen LogP contribution < -0.4 is 15.4 Å². The van der Waals surface area contributed by atoms with Gasteiger partial charge in [0.05, 0.1) is 13.2 Å². The summed E-state index contributed by atoms with van der Waals surface area (Å²) in [4.78, 5) is 12.1. The molecule has 0 aliphatic heterocycles. The largest absolute Gasteiger partial charge is 0.494 e. The minimum absolute atomic E-state index is 0.00917. The third-order valence-electron chi connectivity index (χ3n) is 4.24. The van der Waals surface area contributed by atoms with Crippen molar-refractivity contribution < 1.29 is 9.53 Å². The third-order valence-corrected chi connectivity index (χ3v) is 4.24. The van der Waals surface area contributed by atoms with Crippen LogP contribution in [0.15, 0.2) is 24.3 Å². The predicted molar refractivity (Wildman–Crippen MR) is 94.9 cm³/mol. The fraction of sp³-hybridized carbons (Fsp3) is 0.632. The van der Waals surface area contributed by atoms with E-state index in [1.807, 2.05) is 24.3 Å². The average molecular weight is 318 g/mol. The number of nitrogens with one attached hydrogen (secondary N) is 2. The molecule has 0 saturated heterocycles. The van der Waals surface area contributed by atoms with Crippen molar-refractivity contribution in [2.24, 2.45) is 5.92 Å². The van der Waals surface area contributed by atoms with E-state index in [9.17, 15) is 4.79 Å². The van der Waals surface area contributed by atoms with Crippen LogP contribution in [-0.2, 0) is 4.79 Å². The zero-order chi connectivity index (χ0) is 16.5. The Kier molecular flexibility index (Phi) is 7.40. The van der Waals surface area contributed by atoms with Gasteiger partial charge in [0, 0.05) is 17.8 Å². The number of ether oxygens (including phenoxy) is 1. The van der Waals surface area contributed by atoms with E-state index in [1.54, 1.807) is 0 Å². The first kappa shape index (κ1) is 17.8. The molecule has 1 amide bonds. The van der Waals surface area contributed by atoms with Crippen LogP contribution in [0.3, 0.4) is 0 Å². The summed E-state index contributed by atoms with van der Waals surface area (Å²) >= 11 is 0. The van der Waals surface area contributed by atoms with Gasteiger partial charge in [-0.15, -0.1) is 0 Å². The molecule has 23 heavy (non-hydrogen) atoms. The van der Waals surface area contributed by atoms with Gasteiger partial charge in [0.25, 0.3) is 0 Å². The first-order valence-electron chi connectivity index (χ1n) is 8.89. The van der Waals surface area contributed by atoms with Crippen molar-refractivity contribution in [3.05, 3.63) is 24.3 Å². The summed E-state index contributed by atoms with van der Waals surface area (Å²) in [6, 6.07) is 8.12. The average Bonchev–Trinajstić information content (AvgIpc) is 2.54. The molecule has 0 bridgehead atoms. The summed E-state index contributed by atoms with van der Waals surface area (Å²) in [6.45, 7) is 5.44. The molecule has 0 heterocycles. The van der Waals surface area contributed by atoms with Crippen molar-refractivity contribution in [2.75, 3.05) is 18.5 Å². The molecule has 4 heteroatoms. The number of hydrogen-bond donors (Lipinski definition) is 2. The van der Waals surface area contributed by atoms with E-state index in [0.717, 1.165) is 17.9 Å². The Morgan fingerprint density at radius 2 is 2.04 bits per heavy atom. The maximum atomic E-state index is 12.1. The summed E-state index contributed by atoms with van der Waals surface area (Å²) < 4.78 is 5.73. The highest BCUT2D eigenvalue weighted by Gasteiger charge is 2.14. The Bertz CT molecular complexity index is 482. The Labute approximate surface area is 140 Å². The van der Waals surface area contributed by atoms with Crippen LogP contribution in [0.25, 0.3) is 0 Å². The third kappa shape index (κ3) is 7.04. The van der Waals surface area contributed by atoms with Crippen LogP contribution in [-0.4, -0.2) is 25.1 Å². The fourth-order valence-electron chi connectivity index (χ4n) is 2.83. The predicted octanol–water partition coefficient (Wildman–Crippen LogP) is 3.97. The molecule has 1 aliphatic carbocycles. The molecule has 128 valence electrons. The number of amides is 1. The van der Waals surface area contributed by atoms with E-state index in [1.165, 1.54) is 32.1 Å². The van der Waals surface area contributed by atoms with Crippen molar-refractivity contribution in [3.8, 4) is 5.75 Å². The second-order valence-corrected chi connectivity index (χ2v) is 6.82. The molecule has 1 aliphatic rings. The monoisotopic (exact) mass is 318 g/mol. The Morgan fingerprint density at radius 3 is 2.78 bits per heavy atom. The zero-order valence-electron chi connectivity index (χ0n) is 14.4. The summed E-state index contributed by atoms with van der Waals surface area (Å²) in [5, 5.41) is 6.30. The molecule has 0 unspecified atom stereocenters. The Balaban J connectivity index is 1.74. The van der Waals surface area contributed by atoms with Gasteiger partial charge in [-0.05, 0) is 37.3 Å². The highest BCUT2D eigenvalue weighted by atomic mass is 16.5. The van der Waals surface area contributed by atoms with Gasteiger partial charge in [-0.1, -0.05) is 39.2 Å². The van der Waals surface area contributed by atoms with Crippen molar-refractivity contribution >= 4 is 11.6 Å². The van der Waals surface area contributed by atoms with Crippen molar-refractivity contribution in [2.45, 2.75) is 58.4 Å². The summed E-state index contributed by atoms with van der Waals surface area (Å²) in [5.74, 6) is 1.45. The number of benzene rings is 1. The first-order valence-corrected chi connectivity index (χ1v) is 8.89. The Morgan fingerprint density at radius 1 is 1.26 bits per heavy atom. The van der Waals surface area contributed by atoms with Gasteiger partial charge in [-0.3, -0.25) is 4.79 Å². The van der Waals surface area contributed by atoms with Gasteiger partial charge in [-0.25, -0.2) is 0 Å². The van der Waals surface area contributed by atoms with Crippen LogP contribution in [0.1, 0.15) is 52.4 Å². The number of anilines is 1. The lowest BCUT2D eigenvalue weighted by Gasteiger charge is -2.22. The summed E-state index contributed by atoms with van der Waals surface area (Å²) in [7, 11) is 0. The van der Waals surface area contributed by atoms with Crippen LogP contribution in [0.2, 0.25) is 0 Å². The lowest BCUT2D eigenvalue weighted by Crippen LogP contribution is -2.37. The number of hydrogen-bond acceptors (Lipinski definition) is 3. The molecule has 0 radical (unpaired) electrons. The van der Waals surface area contributed by atoms with Gasteiger partial charge >= 0.3 is 0 Å². The minimum atomic E-state index is 0.00917. The molecule has 1 aromatic carbocycles. The highest BCUT2D eigenvalue weighted by Crippen LogP contribution is 2.19. The molecular formula is C19H30N2O2. The Hall–Kier alpha value is -1.55. The number of carbonyl (C=O) groups excluding carboxylic acids is 1. The molecule has 2 N–H and O–H groups in total. The second-order valence-electron chi connectivity index (χ2n) is 6.82. The smallest absolute Gasteiger partial charge is 0.238 e. The first-order chi connectivity index (χ1) is 11.1. The van der Waals surface area contributed by atoms with Gasteiger partial charge in [0.2, 0.25) is 5.91 Å². The molecule has 2 rings (SSSR count). The van der Waals surface area contributed by atoms with Crippen molar-refractivity contribution in [1.29, 1.82) is 0 Å². The van der Waals surface area contributed by atoms with E-state index in [2.05, 4.69) is 24.5 Å². The quantitative estimate of drug-likeness (QED) is 0.762. The highest BCUT2D eigenvalue weighted by molar-refractivity contribution is 5.92. The maximum Gasteiger partial charge on any atom is 0.238 e. The summed E-state index contributed by atoms with van der Waals surface area (Å²) in [5.41, 5.74) is 0.794. The van der Waals surface area contributed by atoms with Crippen molar-refractivity contribution in [1.82, 2.24) is 5.32 Å². The van der Waals surface area contributed by atoms with E-state index < -0.39 is 0 Å².